The van der Waals surface area contributed by atoms with E-state index in [0.717, 1.165) is 43.7 Å². The van der Waals surface area contributed by atoms with Crippen molar-refractivity contribution in [3.63, 3.8) is 0 Å². The van der Waals surface area contributed by atoms with Crippen molar-refractivity contribution in [2.45, 2.75) is 76.0 Å². The number of halogens is 3. The molecule has 1 amide bonds. The van der Waals surface area contributed by atoms with Gasteiger partial charge in [0.1, 0.15) is 24.3 Å². The maximum atomic E-state index is 14.5. The minimum atomic E-state index is -1.97. The van der Waals surface area contributed by atoms with Gasteiger partial charge in [-0.1, -0.05) is 0 Å². The zero-order chi connectivity index (χ0) is 23.3. The van der Waals surface area contributed by atoms with E-state index in [2.05, 4.69) is 10.00 Å². The van der Waals surface area contributed by atoms with Crippen molar-refractivity contribution in [2.24, 2.45) is 11.7 Å². The number of carbonyl (C=O) groups excluding carboxylic acids is 1. The first-order valence-corrected chi connectivity index (χ1v) is 11.9. The molecule has 0 aromatic carbocycles. The normalized spacial score (nSPS) is 33.1. The van der Waals surface area contributed by atoms with Crippen LogP contribution in [0.3, 0.4) is 0 Å². The molecular formula is C23H31F3N6O. The van der Waals surface area contributed by atoms with Crippen molar-refractivity contribution < 1.29 is 18.0 Å². The molecule has 0 radical (unpaired) electrons. The molecule has 2 aromatic heterocycles. The van der Waals surface area contributed by atoms with Crippen LogP contribution < -0.4 is 10.6 Å². The Bertz CT molecular complexity index is 1030. The quantitative estimate of drug-likeness (QED) is 0.755. The third-order valence-corrected chi connectivity index (χ3v) is 7.31. The summed E-state index contributed by atoms with van der Waals surface area (Å²) in [6.45, 7) is 4.02. The van der Waals surface area contributed by atoms with Gasteiger partial charge in [-0.15, -0.1) is 0 Å². The summed E-state index contributed by atoms with van der Waals surface area (Å²) >= 11 is 0. The molecule has 2 aromatic rings. The van der Waals surface area contributed by atoms with E-state index in [4.69, 9.17) is 10.7 Å². The van der Waals surface area contributed by atoms with Crippen LogP contribution in [0.1, 0.15) is 55.8 Å². The smallest absolute Gasteiger partial charge is 0.229 e. The van der Waals surface area contributed by atoms with Crippen molar-refractivity contribution in [1.29, 1.82) is 0 Å². The second-order valence-corrected chi connectivity index (χ2v) is 9.79. The Morgan fingerprint density at radius 1 is 1.15 bits per heavy atom. The number of aromatic nitrogens is 3. The van der Waals surface area contributed by atoms with E-state index in [-0.39, 0.29) is 18.5 Å². The highest BCUT2D eigenvalue weighted by Crippen LogP contribution is 2.37. The Labute approximate surface area is 191 Å². The lowest BCUT2D eigenvalue weighted by molar-refractivity contribution is -0.146. The predicted octanol–water partition coefficient (Wildman–Crippen LogP) is 3.05. The number of fused-ring (bicyclic) bond motifs is 1. The number of alkyl halides is 3. The molecule has 0 bridgehead atoms. The van der Waals surface area contributed by atoms with E-state index in [0.29, 0.717) is 24.3 Å². The van der Waals surface area contributed by atoms with E-state index < -0.39 is 36.8 Å². The SMILES string of the molecule is Cc1cn2nc([C@@H]3CCCCN3C(=O)C3CC(F)CC(F)C3F)cc2nc1N1CC[C@H](N)C1. The zero-order valence-corrected chi connectivity index (χ0v) is 18.8. The average molecular weight is 465 g/mol. The molecule has 5 rings (SSSR count). The Kier molecular flexibility index (Phi) is 5.96. The molecule has 6 atom stereocenters. The summed E-state index contributed by atoms with van der Waals surface area (Å²) in [6.07, 6.45) is -0.967. The van der Waals surface area contributed by atoms with Gasteiger partial charge in [0.2, 0.25) is 5.91 Å². The van der Waals surface area contributed by atoms with Crippen LogP contribution in [-0.4, -0.2) is 69.6 Å². The number of aryl methyl sites for hydroxylation is 1. The number of piperidine rings is 1. The lowest BCUT2D eigenvalue weighted by Crippen LogP contribution is -2.49. The lowest BCUT2D eigenvalue weighted by Gasteiger charge is -2.39. The van der Waals surface area contributed by atoms with Crippen LogP contribution in [0.15, 0.2) is 12.3 Å². The average Bonchev–Trinajstić information content (AvgIpc) is 3.40. The lowest BCUT2D eigenvalue weighted by atomic mass is 9.83. The van der Waals surface area contributed by atoms with Crippen LogP contribution in [0.4, 0.5) is 19.0 Å². The van der Waals surface area contributed by atoms with Gasteiger partial charge < -0.3 is 15.5 Å². The van der Waals surface area contributed by atoms with Crippen LogP contribution in [0, 0.1) is 12.8 Å². The minimum Gasteiger partial charge on any atom is -0.355 e. The summed E-state index contributed by atoms with van der Waals surface area (Å²) in [4.78, 5) is 21.8. The standard InChI is InChI=1S/C23H31F3N6O/c1-13-11-32-20(28-22(13)30-7-5-15(27)12-30)10-18(29-32)19-4-2-3-6-31(19)23(33)16-8-14(24)9-17(25)21(16)26/h10-11,14-17,19,21H,2-9,12,27H2,1H3/t14?,15-,16?,17?,19-,21?/m0/s1. The first-order valence-electron chi connectivity index (χ1n) is 11.9. The molecule has 7 nitrogen and oxygen atoms in total. The summed E-state index contributed by atoms with van der Waals surface area (Å²) in [7, 11) is 0. The van der Waals surface area contributed by atoms with Gasteiger partial charge in [-0.3, -0.25) is 4.79 Å². The molecule has 33 heavy (non-hydrogen) atoms. The van der Waals surface area contributed by atoms with E-state index in [9.17, 15) is 18.0 Å². The van der Waals surface area contributed by atoms with Crippen LogP contribution in [0.5, 0.6) is 0 Å². The molecular weight excluding hydrogens is 433 g/mol. The van der Waals surface area contributed by atoms with Gasteiger partial charge in [-0.2, -0.15) is 5.10 Å². The van der Waals surface area contributed by atoms with Crippen molar-refractivity contribution in [1.82, 2.24) is 19.5 Å². The van der Waals surface area contributed by atoms with Crippen LogP contribution in [-0.2, 0) is 4.79 Å². The van der Waals surface area contributed by atoms with Crippen LogP contribution in [0.2, 0.25) is 0 Å². The maximum Gasteiger partial charge on any atom is 0.229 e. The Balaban J connectivity index is 1.43. The molecule has 3 fully saturated rings. The molecule has 4 unspecified atom stereocenters. The second-order valence-electron chi connectivity index (χ2n) is 9.79. The maximum absolute atomic E-state index is 14.5. The Hall–Kier alpha value is -2.36. The van der Waals surface area contributed by atoms with Crippen LogP contribution in [0.25, 0.3) is 5.65 Å². The van der Waals surface area contributed by atoms with E-state index in [1.54, 1.807) is 9.42 Å². The topological polar surface area (TPSA) is 79.8 Å². The van der Waals surface area contributed by atoms with Crippen molar-refractivity contribution in [3.8, 4) is 0 Å². The molecule has 4 heterocycles. The van der Waals surface area contributed by atoms with Crippen molar-refractivity contribution >= 4 is 17.4 Å². The van der Waals surface area contributed by atoms with E-state index in [1.165, 1.54) is 0 Å². The van der Waals surface area contributed by atoms with Crippen molar-refractivity contribution in [2.75, 3.05) is 24.5 Å². The first-order chi connectivity index (χ1) is 15.8. The number of hydrogen-bond acceptors (Lipinski definition) is 5. The van der Waals surface area contributed by atoms with E-state index >= 15 is 0 Å². The molecule has 3 aliphatic rings. The summed E-state index contributed by atoms with van der Waals surface area (Å²) in [5.41, 5.74) is 8.38. The number of nitrogens with two attached hydrogens (primary N) is 1. The third kappa shape index (κ3) is 4.18. The molecule has 1 aliphatic carbocycles. The summed E-state index contributed by atoms with van der Waals surface area (Å²) in [5, 5.41) is 4.68. The number of amides is 1. The number of likely N-dealkylation sites (tertiary alicyclic amines) is 1. The predicted molar refractivity (Wildman–Crippen MR) is 118 cm³/mol. The van der Waals surface area contributed by atoms with Gasteiger partial charge in [0.25, 0.3) is 0 Å². The molecule has 1 saturated carbocycles. The highest BCUT2D eigenvalue weighted by atomic mass is 19.2. The van der Waals surface area contributed by atoms with Gasteiger partial charge in [-0.25, -0.2) is 22.7 Å². The first kappa shape index (κ1) is 22.4. The molecule has 2 saturated heterocycles. The highest BCUT2D eigenvalue weighted by Gasteiger charge is 2.45. The van der Waals surface area contributed by atoms with Gasteiger partial charge in [0, 0.05) is 49.9 Å². The largest absolute Gasteiger partial charge is 0.355 e. The Morgan fingerprint density at radius 2 is 1.97 bits per heavy atom. The molecule has 10 heteroatoms. The Morgan fingerprint density at radius 3 is 2.73 bits per heavy atom. The number of rotatable bonds is 3. The molecule has 0 spiro atoms. The molecule has 180 valence electrons. The van der Waals surface area contributed by atoms with E-state index in [1.807, 2.05) is 19.2 Å². The van der Waals surface area contributed by atoms with Crippen LogP contribution >= 0.6 is 0 Å². The highest BCUT2D eigenvalue weighted by molar-refractivity contribution is 5.80. The number of carbonyl (C=O) groups is 1. The van der Waals surface area contributed by atoms with Gasteiger partial charge in [0.15, 0.2) is 5.65 Å². The molecule has 2 N–H and O–H groups in total. The fourth-order valence-corrected chi connectivity index (χ4v) is 5.56. The summed E-state index contributed by atoms with van der Waals surface area (Å²) in [6, 6.07) is 1.64. The van der Waals surface area contributed by atoms with Gasteiger partial charge >= 0.3 is 0 Å². The minimum absolute atomic E-state index is 0.136. The van der Waals surface area contributed by atoms with Crippen molar-refractivity contribution in [3.05, 3.63) is 23.5 Å². The van der Waals surface area contributed by atoms with Gasteiger partial charge in [-0.05, 0) is 39.0 Å². The number of anilines is 1. The summed E-state index contributed by atoms with van der Waals surface area (Å²) in [5.74, 6) is -0.915. The number of hydrogen-bond donors (Lipinski definition) is 1. The third-order valence-electron chi connectivity index (χ3n) is 7.31. The van der Waals surface area contributed by atoms with Gasteiger partial charge in [0.05, 0.1) is 17.7 Å². The zero-order valence-electron chi connectivity index (χ0n) is 18.8. The fourth-order valence-electron chi connectivity index (χ4n) is 5.56. The monoisotopic (exact) mass is 464 g/mol. The fraction of sp³-hybridized carbons (Fsp3) is 0.696. The second kappa shape index (κ2) is 8.77. The molecule has 2 aliphatic heterocycles. The summed E-state index contributed by atoms with van der Waals surface area (Å²) < 4.78 is 44.2. The number of nitrogens with zero attached hydrogens (tertiary/aromatic N) is 5.